The van der Waals surface area contributed by atoms with Crippen molar-refractivity contribution in [1.82, 2.24) is 0 Å². The maximum atomic E-state index is 12.3. The lowest BCUT2D eigenvalue weighted by molar-refractivity contribution is 0.477. The van der Waals surface area contributed by atoms with E-state index in [1.807, 2.05) is 6.07 Å². The first-order valence-corrected chi connectivity index (χ1v) is 7.24. The van der Waals surface area contributed by atoms with E-state index in [1.54, 1.807) is 19.1 Å². The fourth-order valence-corrected chi connectivity index (χ4v) is 2.95. The normalized spacial score (nSPS) is 10.8. The molecule has 102 valence electrons. The Balaban J connectivity index is 2.47. The van der Waals surface area contributed by atoms with Crippen LogP contribution in [0.15, 0.2) is 47.4 Å². The smallest absolute Gasteiger partial charge is 0.263 e. The summed E-state index contributed by atoms with van der Waals surface area (Å²) in [5, 5.41) is 18.6. The number of aromatic hydroxyl groups is 1. The Hall–Kier alpha value is -2.52. The van der Waals surface area contributed by atoms with Gasteiger partial charge in [0, 0.05) is 0 Å². The molecule has 0 saturated heterocycles. The molecule has 0 bridgehead atoms. The summed E-state index contributed by atoms with van der Waals surface area (Å²) in [6, 6.07) is 12.3. The molecule has 0 unspecified atom stereocenters. The second kappa shape index (κ2) is 5.23. The molecule has 0 aromatic heterocycles. The summed E-state index contributed by atoms with van der Waals surface area (Å²) in [6.45, 7) is 1.78. The number of sulfonamides is 1. The van der Waals surface area contributed by atoms with Crippen LogP contribution in [0.2, 0.25) is 0 Å². The molecule has 0 aliphatic heterocycles. The Labute approximate surface area is 117 Å². The van der Waals surface area contributed by atoms with E-state index in [2.05, 4.69) is 4.72 Å². The van der Waals surface area contributed by atoms with Gasteiger partial charge in [-0.25, -0.2) is 8.42 Å². The number of hydrogen-bond donors (Lipinski definition) is 2. The third kappa shape index (κ3) is 2.73. The molecule has 0 spiro atoms. The maximum Gasteiger partial charge on any atom is 0.263 e. The van der Waals surface area contributed by atoms with Gasteiger partial charge in [-0.15, -0.1) is 0 Å². The Kier molecular flexibility index (Phi) is 3.63. The molecule has 2 aromatic carbocycles. The van der Waals surface area contributed by atoms with Crippen LogP contribution in [0.5, 0.6) is 5.75 Å². The van der Waals surface area contributed by atoms with Gasteiger partial charge < -0.3 is 5.11 Å². The lowest BCUT2D eigenvalue weighted by Gasteiger charge is -2.11. The van der Waals surface area contributed by atoms with Crippen LogP contribution in [0.1, 0.15) is 11.1 Å². The first-order valence-electron chi connectivity index (χ1n) is 5.75. The number of phenolic OH excluding ortho intramolecular Hbond substituents is 1. The molecule has 2 aromatic rings. The molecule has 0 amide bonds. The molecule has 0 aliphatic rings. The summed E-state index contributed by atoms with van der Waals surface area (Å²) in [5.41, 5.74) is 0.930. The number of aryl methyl sites for hydroxylation is 1. The topological polar surface area (TPSA) is 90.2 Å². The summed E-state index contributed by atoms with van der Waals surface area (Å²) in [6.07, 6.45) is 0. The van der Waals surface area contributed by atoms with Gasteiger partial charge in [-0.3, -0.25) is 4.72 Å². The standard InChI is InChI=1S/C14H12N2O3S/c1-10-6-7-13(17)12(8-10)16-20(18,19)14-5-3-2-4-11(14)9-15/h2-8,16-17H,1H3. The Morgan fingerprint density at radius 3 is 2.60 bits per heavy atom. The van der Waals surface area contributed by atoms with Crippen LogP contribution in [0.3, 0.4) is 0 Å². The number of nitrogens with zero attached hydrogens (tertiary/aromatic N) is 1. The molecular weight excluding hydrogens is 276 g/mol. The molecule has 0 fully saturated rings. The van der Waals surface area contributed by atoms with Crippen molar-refractivity contribution in [2.24, 2.45) is 0 Å². The van der Waals surface area contributed by atoms with Gasteiger partial charge in [0.1, 0.15) is 16.7 Å². The van der Waals surface area contributed by atoms with Gasteiger partial charge in [0.15, 0.2) is 0 Å². The van der Waals surface area contributed by atoms with Crippen LogP contribution in [0.4, 0.5) is 5.69 Å². The van der Waals surface area contributed by atoms with E-state index in [-0.39, 0.29) is 21.9 Å². The minimum absolute atomic E-state index is 0.0483. The van der Waals surface area contributed by atoms with Gasteiger partial charge in [-0.2, -0.15) is 5.26 Å². The Morgan fingerprint density at radius 1 is 1.20 bits per heavy atom. The minimum Gasteiger partial charge on any atom is -0.506 e. The van der Waals surface area contributed by atoms with Crippen molar-refractivity contribution < 1.29 is 13.5 Å². The molecule has 20 heavy (non-hydrogen) atoms. The quantitative estimate of drug-likeness (QED) is 0.848. The van der Waals surface area contributed by atoms with E-state index < -0.39 is 10.0 Å². The van der Waals surface area contributed by atoms with Crippen LogP contribution in [-0.4, -0.2) is 13.5 Å². The highest BCUT2D eigenvalue weighted by molar-refractivity contribution is 7.92. The monoisotopic (exact) mass is 288 g/mol. The molecule has 2 N–H and O–H groups in total. The van der Waals surface area contributed by atoms with E-state index in [0.717, 1.165) is 5.56 Å². The second-order valence-electron chi connectivity index (χ2n) is 4.23. The predicted octanol–water partition coefficient (Wildman–Crippen LogP) is 2.37. The third-order valence-electron chi connectivity index (χ3n) is 2.69. The molecule has 0 radical (unpaired) electrons. The number of phenols is 1. The van der Waals surface area contributed by atoms with Gasteiger partial charge in [-0.1, -0.05) is 18.2 Å². The second-order valence-corrected chi connectivity index (χ2v) is 5.88. The zero-order chi connectivity index (χ0) is 14.8. The van der Waals surface area contributed by atoms with E-state index in [4.69, 9.17) is 5.26 Å². The summed E-state index contributed by atoms with van der Waals surface area (Å²) in [7, 11) is -3.93. The molecule has 6 heteroatoms. The van der Waals surface area contributed by atoms with Crippen molar-refractivity contribution in [2.75, 3.05) is 4.72 Å². The van der Waals surface area contributed by atoms with Gasteiger partial charge in [0.2, 0.25) is 0 Å². The molecule has 5 nitrogen and oxygen atoms in total. The zero-order valence-corrected chi connectivity index (χ0v) is 11.5. The van der Waals surface area contributed by atoms with E-state index >= 15 is 0 Å². The summed E-state index contributed by atoms with van der Waals surface area (Å²) in [5.74, 6) is -0.173. The van der Waals surface area contributed by atoms with E-state index in [9.17, 15) is 13.5 Å². The number of nitriles is 1. The zero-order valence-electron chi connectivity index (χ0n) is 10.7. The summed E-state index contributed by atoms with van der Waals surface area (Å²) < 4.78 is 26.8. The molecule has 0 heterocycles. The molecular formula is C14H12N2O3S. The highest BCUT2D eigenvalue weighted by atomic mass is 32.2. The van der Waals surface area contributed by atoms with Crippen LogP contribution < -0.4 is 4.72 Å². The largest absolute Gasteiger partial charge is 0.506 e. The number of rotatable bonds is 3. The Bertz CT molecular complexity index is 792. The van der Waals surface area contributed by atoms with Gasteiger partial charge in [-0.05, 0) is 36.8 Å². The average Bonchev–Trinajstić information content (AvgIpc) is 2.42. The number of benzene rings is 2. The van der Waals surface area contributed by atoms with Crippen LogP contribution in [0.25, 0.3) is 0 Å². The number of anilines is 1. The minimum atomic E-state index is -3.93. The van der Waals surface area contributed by atoms with Crippen molar-refractivity contribution in [1.29, 1.82) is 5.26 Å². The first-order chi connectivity index (χ1) is 9.44. The fraction of sp³-hybridized carbons (Fsp3) is 0.0714. The third-order valence-corrected chi connectivity index (χ3v) is 4.12. The molecule has 0 saturated carbocycles. The lowest BCUT2D eigenvalue weighted by Crippen LogP contribution is -2.14. The number of hydrogen-bond acceptors (Lipinski definition) is 4. The molecule has 2 rings (SSSR count). The van der Waals surface area contributed by atoms with Crippen molar-refractivity contribution >= 4 is 15.7 Å². The highest BCUT2D eigenvalue weighted by Gasteiger charge is 2.19. The summed E-state index contributed by atoms with van der Waals surface area (Å²) in [4.78, 5) is -0.122. The van der Waals surface area contributed by atoms with Gasteiger partial charge >= 0.3 is 0 Å². The number of nitrogens with one attached hydrogen (secondary N) is 1. The van der Waals surface area contributed by atoms with Gasteiger partial charge in [0.25, 0.3) is 10.0 Å². The highest BCUT2D eigenvalue weighted by Crippen LogP contribution is 2.27. The van der Waals surface area contributed by atoms with Crippen LogP contribution in [-0.2, 0) is 10.0 Å². The molecule has 0 atom stereocenters. The Morgan fingerprint density at radius 2 is 1.90 bits per heavy atom. The summed E-state index contributed by atoms with van der Waals surface area (Å²) >= 11 is 0. The van der Waals surface area contributed by atoms with E-state index in [0.29, 0.717) is 0 Å². The lowest BCUT2D eigenvalue weighted by atomic mass is 10.2. The SMILES string of the molecule is Cc1ccc(O)c(NS(=O)(=O)c2ccccc2C#N)c1. The maximum absolute atomic E-state index is 12.3. The van der Waals surface area contributed by atoms with E-state index in [1.165, 1.54) is 30.3 Å². The average molecular weight is 288 g/mol. The predicted molar refractivity (Wildman–Crippen MR) is 74.8 cm³/mol. The van der Waals surface area contributed by atoms with Crippen molar-refractivity contribution in [3.05, 3.63) is 53.6 Å². The molecule has 0 aliphatic carbocycles. The van der Waals surface area contributed by atoms with Crippen molar-refractivity contribution in [3.8, 4) is 11.8 Å². The van der Waals surface area contributed by atoms with Gasteiger partial charge in [0.05, 0.1) is 11.3 Å². The van der Waals surface area contributed by atoms with Crippen LogP contribution in [0, 0.1) is 18.3 Å². The van der Waals surface area contributed by atoms with Crippen LogP contribution >= 0.6 is 0 Å². The van der Waals surface area contributed by atoms with Crippen molar-refractivity contribution in [2.45, 2.75) is 11.8 Å². The van der Waals surface area contributed by atoms with Crippen molar-refractivity contribution in [3.63, 3.8) is 0 Å². The first kappa shape index (κ1) is 13.9. The fourth-order valence-electron chi connectivity index (χ4n) is 1.72.